The molecule has 0 amide bonds. The van der Waals surface area contributed by atoms with E-state index < -0.39 is 0 Å². The SMILES string of the molecule is CNC1CN(c2cc(COC3CCCC3)nc(N)n2)C1. The zero-order valence-electron chi connectivity index (χ0n) is 12.0. The summed E-state index contributed by atoms with van der Waals surface area (Å²) in [6.07, 6.45) is 5.29. The molecule has 3 rings (SSSR count). The Labute approximate surface area is 119 Å². The summed E-state index contributed by atoms with van der Waals surface area (Å²) in [6.45, 7) is 2.47. The summed E-state index contributed by atoms with van der Waals surface area (Å²) in [5.74, 6) is 1.24. The Kier molecular flexibility index (Phi) is 4.03. The fourth-order valence-corrected chi connectivity index (χ4v) is 2.85. The molecule has 2 fully saturated rings. The van der Waals surface area contributed by atoms with Crippen molar-refractivity contribution in [3.8, 4) is 0 Å². The van der Waals surface area contributed by atoms with Crippen molar-refractivity contribution in [3.05, 3.63) is 11.8 Å². The molecule has 2 heterocycles. The number of nitrogens with one attached hydrogen (secondary N) is 1. The van der Waals surface area contributed by atoms with Crippen LogP contribution < -0.4 is 16.0 Å². The monoisotopic (exact) mass is 277 g/mol. The molecule has 1 saturated heterocycles. The molecule has 110 valence electrons. The third-order valence-electron chi connectivity index (χ3n) is 4.17. The number of nitrogen functional groups attached to an aromatic ring is 1. The molecule has 0 bridgehead atoms. The maximum atomic E-state index is 5.90. The van der Waals surface area contributed by atoms with Crippen molar-refractivity contribution in [2.45, 2.75) is 44.4 Å². The van der Waals surface area contributed by atoms with Crippen LogP contribution in [0.4, 0.5) is 11.8 Å². The molecule has 6 nitrogen and oxygen atoms in total. The Morgan fingerprint density at radius 3 is 2.80 bits per heavy atom. The van der Waals surface area contributed by atoms with Gasteiger partial charge in [0.15, 0.2) is 0 Å². The van der Waals surface area contributed by atoms with E-state index in [4.69, 9.17) is 10.5 Å². The van der Waals surface area contributed by atoms with E-state index in [0.29, 0.717) is 24.7 Å². The van der Waals surface area contributed by atoms with Crippen LogP contribution in [0.2, 0.25) is 0 Å². The van der Waals surface area contributed by atoms with Crippen molar-refractivity contribution in [3.63, 3.8) is 0 Å². The lowest BCUT2D eigenvalue weighted by Gasteiger charge is -2.40. The second kappa shape index (κ2) is 5.93. The zero-order chi connectivity index (χ0) is 13.9. The highest BCUT2D eigenvalue weighted by atomic mass is 16.5. The van der Waals surface area contributed by atoms with E-state index in [1.165, 1.54) is 25.7 Å². The van der Waals surface area contributed by atoms with Gasteiger partial charge in [-0.2, -0.15) is 4.98 Å². The molecule has 0 radical (unpaired) electrons. The second-order valence-electron chi connectivity index (χ2n) is 5.68. The average Bonchev–Trinajstić information content (AvgIpc) is 2.88. The van der Waals surface area contributed by atoms with Gasteiger partial charge in [-0.05, 0) is 19.9 Å². The van der Waals surface area contributed by atoms with Gasteiger partial charge in [0.1, 0.15) is 5.82 Å². The van der Waals surface area contributed by atoms with E-state index in [0.717, 1.165) is 24.6 Å². The van der Waals surface area contributed by atoms with Gasteiger partial charge in [-0.3, -0.25) is 0 Å². The fraction of sp³-hybridized carbons (Fsp3) is 0.714. The normalized spacial score (nSPS) is 20.4. The number of ether oxygens (including phenoxy) is 1. The van der Waals surface area contributed by atoms with Crippen molar-refractivity contribution in [2.24, 2.45) is 0 Å². The number of hydrogen-bond acceptors (Lipinski definition) is 6. The van der Waals surface area contributed by atoms with E-state index in [1.807, 2.05) is 13.1 Å². The van der Waals surface area contributed by atoms with Gasteiger partial charge in [0.2, 0.25) is 5.95 Å². The number of hydrogen-bond donors (Lipinski definition) is 2. The molecule has 1 aromatic heterocycles. The number of nitrogens with zero attached hydrogens (tertiary/aromatic N) is 3. The van der Waals surface area contributed by atoms with Crippen LogP contribution in [-0.4, -0.2) is 42.3 Å². The lowest BCUT2D eigenvalue weighted by Crippen LogP contribution is -2.57. The standard InChI is InChI=1S/C14H23N5O/c1-16-11-7-19(8-11)13-6-10(17-14(15)18-13)9-20-12-4-2-3-5-12/h6,11-12,16H,2-5,7-9H2,1H3,(H2,15,17,18). The van der Waals surface area contributed by atoms with Gasteiger partial charge in [0.25, 0.3) is 0 Å². The Balaban J connectivity index is 1.61. The van der Waals surface area contributed by atoms with Crippen molar-refractivity contribution in [1.82, 2.24) is 15.3 Å². The van der Waals surface area contributed by atoms with E-state index >= 15 is 0 Å². The first-order valence-electron chi connectivity index (χ1n) is 7.42. The van der Waals surface area contributed by atoms with E-state index in [2.05, 4.69) is 20.2 Å². The summed E-state index contributed by atoms with van der Waals surface area (Å²) in [5, 5.41) is 3.25. The van der Waals surface area contributed by atoms with Crippen LogP contribution in [0.5, 0.6) is 0 Å². The number of aromatic nitrogens is 2. The minimum Gasteiger partial charge on any atom is -0.372 e. The van der Waals surface area contributed by atoms with Crippen molar-refractivity contribution < 1.29 is 4.74 Å². The van der Waals surface area contributed by atoms with Crippen LogP contribution in [0.15, 0.2) is 6.07 Å². The van der Waals surface area contributed by atoms with Gasteiger partial charge in [-0.15, -0.1) is 0 Å². The summed E-state index contributed by atoms with van der Waals surface area (Å²) in [6, 6.07) is 2.54. The van der Waals surface area contributed by atoms with Crippen LogP contribution in [0.3, 0.4) is 0 Å². The quantitative estimate of drug-likeness (QED) is 0.833. The van der Waals surface area contributed by atoms with Gasteiger partial charge in [-0.25, -0.2) is 4.98 Å². The smallest absolute Gasteiger partial charge is 0.222 e. The van der Waals surface area contributed by atoms with Gasteiger partial charge >= 0.3 is 0 Å². The van der Waals surface area contributed by atoms with Crippen molar-refractivity contribution >= 4 is 11.8 Å². The van der Waals surface area contributed by atoms with Gasteiger partial charge in [0, 0.05) is 25.2 Å². The Bertz CT molecular complexity index is 455. The van der Waals surface area contributed by atoms with Crippen LogP contribution in [-0.2, 0) is 11.3 Å². The third kappa shape index (κ3) is 3.02. The number of nitrogens with two attached hydrogens (primary N) is 1. The minimum absolute atomic E-state index is 0.334. The summed E-state index contributed by atoms with van der Waals surface area (Å²) in [7, 11) is 1.98. The molecule has 1 aromatic rings. The molecule has 0 spiro atoms. The van der Waals surface area contributed by atoms with E-state index in [9.17, 15) is 0 Å². The first-order chi connectivity index (χ1) is 9.74. The number of rotatable bonds is 5. The molecule has 3 N–H and O–H groups in total. The van der Waals surface area contributed by atoms with E-state index in [1.54, 1.807) is 0 Å². The molecule has 6 heteroatoms. The highest BCUT2D eigenvalue weighted by Gasteiger charge is 2.26. The molecule has 20 heavy (non-hydrogen) atoms. The zero-order valence-corrected chi connectivity index (χ0v) is 12.0. The summed E-state index contributed by atoms with van der Waals surface area (Å²) in [5.41, 5.74) is 6.69. The van der Waals surface area contributed by atoms with Crippen LogP contribution in [0, 0.1) is 0 Å². The first-order valence-corrected chi connectivity index (χ1v) is 7.42. The maximum absolute atomic E-state index is 5.90. The Hall–Kier alpha value is -1.40. The molecule has 0 aromatic carbocycles. The summed E-state index contributed by atoms with van der Waals surface area (Å²) < 4.78 is 5.90. The summed E-state index contributed by atoms with van der Waals surface area (Å²) >= 11 is 0. The average molecular weight is 277 g/mol. The lowest BCUT2D eigenvalue weighted by molar-refractivity contribution is 0.0438. The minimum atomic E-state index is 0.334. The topological polar surface area (TPSA) is 76.3 Å². The molecular weight excluding hydrogens is 254 g/mol. The first kappa shape index (κ1) is 13.6. The molecule has 0 unspecified atom stereocenters. The second-order valence-corrected chi connectivity index (χ2v) is 5.68. The third-order valence-corrected chi connectivity index (χ3v) is 4.17. The van der Waals surface area contributed by atoms with Crippen LogP contribution >= 0.6 is 0 Å². The molecular formula is C14H23N5O. The van der Waals surface area contributed by atoms with Gasteiger partial charge in [-0.1, -0.05) is 12.8 Å². The van der Waals surface area contributed by atoms with Gasteiger partial charge in [0.05, 0.1) is 18.4 Å². The Morgan fingerprint density at radius 1 is 1.35 bits per heavy atom. The molecule has 1 saturated carbocycles. The van der Waals surface area contributed by atoms with Crippen molar-refractivity contribution in [2.75, 3.05) is 30.8 Å². The molecule has 1 aliphatic carbocycles. The molecule has 1 aliphatic heterocycles. The lowest BCUT2D eigenvalue weighted by atomic mass is 10.1. The predicted molar refractivity (Wildman–Crippen MR) is 78.6 cm³/mol. The maximum Gasteiger partial charge on any atom is 0.222 e. The summed E-state index contributed by atoms with van der Waals surface area (Å²) in [4.78, 5) is 10.8. The van der Waals surface area contributed by atoms with Crippen LogP contribution in [0.25, 0.3) is 0 Å². The molecule has 0 atom stereocenters. The van der Waals surface area contributed by atoms with Crippen LogP contribution in [0.1, 0.15) is 31.4 Å². The fourth-order valence-electron chi connectivity index (χ4n) is 2.85. The van der Waals surface area contributed by atoms with E-state index in [-0.39, 0.29) is 0 Å². The van der Waals surface area contributed by atoms with Gasteiger partial charge < -0.3 is 20.7 Å². The molecule has 2 aliphatic rings. The predicted octanol–water partition coefficient (Wildman–Crippen LogP) is 0.926. The number of likely N-dealkylation sites (N-methyl/N-ethyl adjacent to an activating group) is 1. The Morgan fingerprint density at radius 2 is 2.10 bits per heavy atom. The number of anilines is 2. The highest BCUT2D eigenvalue weighted by molar-refractivity contribution is 5.46. The van der Waals surface area contributed by atoms with Crippen molar-refractivity contribution in [1.29, 1.82) is 0 Å². The largest absolute Gasteiger partial charge is 0.372 e. The highest BCUT2D eigenvalue weighted by Crippen LogP contribution is 2.23.